The molecule has 2 aliphatic rings. The summed E-state index contributed by atoms with van der Waals surface area (Å²) in [5.74, 6) is 2.22. The van der Waals surface area contributed by atoms with Crippen LogP contribution in [-0.2, 0) is 19.5 Å². The first-order valence-electron chi connectivity index (χ1n) is 41.3. The molecule has 2 saturated heterocycles. The molecule has 0 atom stereocenters. The van der Waals surface area contributed by atoms with E-state index in [2.05, 4.69) is 105 Å². The largest absolute Gasteiger partial charge is 0.493 e. The molecule has 31 heteroatoms. The number of rotatable bonds is 22. The van der Waals surface area contributed by atoms with Crippen molar-refractivity contribution in [3.63, 3.8) is 0 Å². The van der Waals surface area contributed by atoms with Crippen LogP contribution in [0.2, 0.25) is 0 Å². The number of halogens is 4. The molecule has 0 spiro atoms. The van der Waals surface area contributed by atoms with Crippen LogP contribution in [0.15, 0.2) is 285 Å². The molecule has 2 aliphatic heterocycles. The van der Waals surface area contributed by atoms with Crippen molar-refractivity contribution in [2.24, 2.45) is 5.14 Å². The number of nitrogens with zero attached hydrogens (tertiary/aromatic N) is 14. The number of methoxy groups -OCH3 is 3. The predicted octanol–water partition coefficient (Wildman–Crippen LogP) is 19.9. The van der Waals surface area contributed by atoms with E-state index in [0.29, 0.717) is 97.4 Å². The molecule has 0 saturated carbocycles. The van der Waals surface area contributed by atoms with E-state index in [-0.39, 0.29) is 28.2 Å². The van der Waals surface area contributed by atoms with Gasteiger partial charge in [-0.1, -0.05) is 6.07 Å². The monoisotopic (exact) mass is 1760 g/mol. The Morgan fingerprint density at radius 2 is 0.654 bits per heavy atom. The Hall–Kier alpha value is -15.6. The highest BCUT2D eigenvalue weighted by molar-refractivity contribution is 7.89. The molecular weight excluding hydrogens is 1680 g/mol. The van der Waals surface area contributed by atoms with Gasteiger partial charge in [0.15, 0.2) is 11.5 Å². The Morgan fingerprint density at radius 3 is 0.977 bits per heavy atom. The highest BCUT2D eigenvalue weighted by Crippen LogP contribution is 2.42. The number of primary sulfonamides is 1. The number of aromatic nitrogens is 12. The third-order valence-electron chi connectivity index (χ3n) is 21.0. The van der Waals surface area contributed by atoms with E-state index < -0.39 is 10.0 Å². The van der Waals surface area contributed by atoms with Gasteiger partial charge in [0, 0.05) is 167 Å². The molecule has 0 amide bonds. The van der Waals surface area contributed by atoms with Crippen LogP contribution < -0.4 is 50.4 Å². The zero-order valence-corrected chi connectivity index (χ0v) is 72.6. The first kappa shape index (κ1) is 89.3. The maximum absolute atomic E-state index is 13.8. The Labute approximate surface area is 748 Å². The summed E-state index contributed by atoms with van der Waals surface area (Å²) in [4.78, 5) is 58.7. The van der Waals surface area contributed by atoms with Crippen molar-refractivity contribution in [2.45, 2.75) is 32.6 Å². The lowest BCUT2D eigenvalue weighted by Gasteiger charge is -2.29. The molecule has 16 aromatic rings. The molecule has 10 heterocycles. The number of aryl methyl sites for hydroxylation is 4. The number of sulfonamides is 1. The smallest absolute Gasteiger partial charge is 0.238 e. The fourth-order valence-corrected chi connectivity index (χ4v) is 14.9. The van der Waals surface area contributed by atoms with Crippen LogP contribution in [-0.4, -0.2) is 142 Å². The molecule has 130 heavy (non-hydrogen) atoms. The first-order valence-corrected chi connectivity index (χ1v) is 42.8. The summed E-state index contributed by atoms with van der Waals surface area (Å²) < 4.78 is 105. The Kier molecular flexibility index (Phi) is 28.6. The topological polar surface area (TPSA) is 316 Å². The normalized spacial score (nSPS) is 12.3. The average Bonchev–Trinajstić information content (AvgIpc) is 0.777. The lowest BCUT2D eigenvalue weighted by molar-refractivity contribution is 0.122. The molecule has 26 nitrogen and oxygen atoms in total. The molecule has 0 unspecified atom stereocenters. The summed E-state index contributed by atoms with van der Waals surface area (Å²) in [6.07, 6.45) is 13.6. The highest BCUT2D eigenvalue weighted by Gasteiger charge is 2.22. The van der Waals surface area contributed by atoms with E-state index in [9.17, 15) is 26.0 Å². The Morgan fingerprint density at radius 1 is 0.331 bits per heavy atom. The van der Waals surface area contributed by atoms with Gasteiger partial charge in [0.25, 0.3) is 0 Å². The van der Waals surface area contributed by atoms with Gasteiger partial charge in [-0.25, -0.2) is 71.0 Å². The highest BCUT2D eigenvalue weighted by atomic mass is 32.2. The summed E-state index contributed by atoms with van der Waals surface area (Å²) in [5.41, 5.74) is 19.9. The van der Waals surface area contributed by atoms with Crippen molar-refractivity contribution in [2.75, 3.05) is 105 Å². The molecule has 0 aliphatic carbocycles. The minimum absolute atomic E-state index is 0.0160. The van der Waals surface area contributed by atoms with Crippen LogP contribution >= 0.6 is 0 Å². The van der Waals surface area contributed by atoms with Crippen LogP contribution in [0.25, 0.3) is 90.1 Å². The molecular formula is C99H89F4N19O7S. The van der Waals surface area contributed by atoms with E-state index in [1.165, 1.54) is 42.1 Å². The van der Waals surface area contributed by atoms with Gasteiger partial charge < -0.3 is 54.8 Å². The number of hydrogen-bond acceptors (Lipinski definition) is 25. The standard InChI is InChI=1S/2C26H24FN5O.C25H23FN4O3.C22H18FN5O2S/c1-18-16-19(7-8-23(18)27)25-22(6-3-10-28-25)24-9-11-29-26(31-24)30-20-4-2-5-21(17-20)32-12-14-33-15-13-32;1-18-17-19(4-9-23(18)27)25-22(3-2-11-28-25)24-10-12-29-26(31-24)30-20-5-7-21(8-6-20)32-13-15-33-16-14-32;1-15-12-16(7-8-19(15)26)23-18(6-5-10-27-23)20-9-11-28-25(30-20)29-17-13-21(31-2)24(33-4)22(14-17)32-3;1-14-13-15(4-9-19(14)23)21-18(3-2-11-25-21)20-10-12-26-22(28-20)27-16-5-7-17(8-6-16)31(24,29)30/h2-11,16-17H,12-15H2,1H3,(H,29,30,31);2-12,17H,13-16H2,1H3,(H,29,30,31);5-14H,1-4H3,(H,28,29,30);2-13H,1H3,(H2,24,29,30)(H,26,27,28). The second-order valence-corrected chi connectivity index (χ2v) is 31.4. The van der Waals surface area contributed by atoms with E-state index in [1.54, 1.807) is 190 Å². The van der Waals surface area contributed by atoms with Crippen molar-refractivity contribution in [1.29, 1.82) is 0 Å². The van der Waals surface area contributed by atoms with Gasteiger partial charge in [0.2, 0.25) is 39.6 Å². The van der Waals surface area contributed by atoms with Gasteiger partial charge in [-0.2, -0.15) is 0 Å². The lowest BCUT2D eigenvalue weighted by atomic mass is 10.0. The zero-order chi connectivity index (χ0) is 90.6. The van der Waals surface area contributed by atoms with Crippen LogP contribution in [0.1, 0.15) is 22.3 Å². The second-order valence-electron chi connectivity index (χ2n) is 29.8. The van der Waals surface area contributed by atoms with Crippen LogP contribution in [0.5, 0.6) is 17.2 Å². The van der Waals surface area contributed by atoms with Gasteiger partial charge in [0.05, 0.1) is 98.2 Å². The third kappa shape index (κ3) is 22.3. The molecule has 6 N–H and O–H groups in total. The minimum atomic E-state index is -3.76. The second kappa shape index (κ2) is 41.7. The molecule has 8 aromatic heterocycles. The Balaban J connectivity index is 0.000000133. The van der Waals surface area contributed by atoms with Crippen molar-refractivity contribution in [3.05, 3.63) is 326 Å². The fourth-order valence-electron chi connectivity index (χ4n) is 14.4. The predicted molar refractivity (Wildman–Crippen MR) is 498 cm³/mol. The number of benzene rings is 8. The third-order valence-corrected chi connectivity index (χ3v) is 21.9. The van der Waals surface area contributed by atoms with Crippen molar-refractivity contribution < 1.29 is 49.7 Å². The number of hydrogen-bond donors (Lipinski definition) is 5. The number of nitrogens with two attached hydrogens (primary N) is 1. The maximum atomic E-state index is 13.8. The lowest BCUT2D eigenvalue weighted by Crippen LogP contribution is -2.36. The molecule has 0 radical (unpaired) electrons. The Bertz CT molecular complexity index is 6780. The number of pyridine rings is 4. The maximum Gasteiger partial charge on any atom is 0.238 e. The average molecular weight is 1760 g/mol. The van der Waals surface area contributed by atoms with Crippen molar-refractivity contribution in [3.8, 4) is 107 Å². The van der Waals surface area contributed by atoms with Gasteiger partial charge in [0.1, 0.15) is 23.3 Å². The van der Waals surface area contributed by atoms with E-state index in [4.69, 9.17) is 38.8 Å². The fraction of sp³-hybridized carbons (Fsp3) is 0.152. The molecule has 656 valence electrons. The van der Waals surface area contributed by atoms with Crippen LogP contribution in [0.3, 0.4) is 0 Å². The SMILES string of the molecule is COc1cc(Nc2nccc(-c3cccnc3-c3ccc(F)c(C)c3)n2)cc(OC)c1OC.Cc1cc(-c2ncccc2-c2ccnc(Nc3ccc(N4CCOCC4)cc3)n2)ccc1F.Cc1cc(-c2ncccc2-c2ccnc(Nc3ccc(S(N)(=O)=O)cc3)n2)ccc1F.Cc1cc(-c2ncccc2-c2ccnc(Nc3cccc(N4CCOCC4)c3)n2)ccc1F. The molecule has 2 fully saturated rings. The minimum Gasteiger partial charge on any atom is -0.493 e. The summed E-state index contributed by atoms with van der Waals surface area (Å²) in [6.45, 7) is 13.5. The van der Waals surface area contributed by atoms with E-state index in [1.807, 2.05) is 78.9 Å². The molecule has 18 rings (SSSR count). The summed E-state index contributed by atoms with van der Waals surface area (Å²) >= 11 is 0. The van der Waals surface area contributed by atoms with Gasteiger partial charge in [-0.3, -0.25) is 19.9 Å². The van der Waals surface area contributed by atoms with Crippen molar-refractivity contribution in [1.82, 2.24) is 59.8 Å². The van der Waals surface area contributed by atoms with Crippen molar-refractivity contribution >= 4 is 67.9 Å². The quantitative estimate of drug-likeness (QED) is 0.0394. The molecule has 8 aromatic carbocycles. The number of morpholine rings is 2. The van der Waals surface area contributed by atoms with Crippen LogP contribution in [0, 0.1) is 51.0 Å². The van der Waals surface area contributed by atoms with Gasteiger partial charge >= 0.3 is 0 Å². The van der Waals surface area contributed by atoms with Gasteiger partial charge in [-0.15, -0.1) is 0 Å². The van der Waals surface area contributed by atoms with E-state index >= 15 is 0 Å². The summed E-state index contributed by atoms with van der Waals surface area (Å²) in [6, 6.07) is 68.1. The molecule has 0 bridgehead atoms. The number of nitrogens with one attached hydrogen (secondary N) is 4. The first-order chi connectivity index (χ1) is 63.2. The van der Waals surface area contributed by atoms with Gasteiger partial charge in [-0.05, 0) is 262 Å². The summed E-state index contributed by atoms with van der Waals surface area (Å²) in [5, 5.41) is 18.0. The number of anilines is 10. The number of ether oxygens (including phenoxy) is 5. The summed E-state index contributed by atoms with van der Waals surface area (Å²) in [7, 11) is 0.898. The van der Waals surface area contributed by atoms with E-state index in [0.717, 1.165) is 137 Å². The zero-order valence-electron chi connectivity index (χ0n) is 71.8. The van der Waals surface area contributed by atoms with Crippen LogP contribution in [0.4, 0.5) is 75.5 Å².